The number of benzene rings is 2. The number of imide groups is 1. The lowest BCUT2D eigenvalue weighted by molar-refractivity contribution is -0.125. The maximum atomic E-state index is 13.1. The van der Waals surface area contributed by atoms with E-state index in [1.165, 1.54) is 24.3 Å². The van der Waals surface area contributed by atoms with Gasteiger partial charge in [-0.1, -0.05) is 44.2 Å². The molecule has 0 aromatic heterocycles. The minimum atomic E-state index is -0.838. The summed E-state index contributed by atoms with van der Waals surface area (Å²) in [4.78, 5) is 51.3. The fourth-order valence-corrected chi connectivity index (χ4v) is 4.02. The Morgan fingerprint density at radius 2 is 1.73 bits per heavy atom. The van der Waals surface area contributed by atoms with Crippen LogP contribution in [0.25, 0.3) is 6.08 Å². The van der Waals surface area contributed by atoms with E-state index in [0.29, 0.717) is 4.91 Å². The molecule has 1 aliphatic rings. The monoisotopic (exact) mass is 469 g/mol. The predicted molar refractivity (Wildman–Crippen MR) is 125 cm³/mol. The summed E-state index contributed by atoms with van der Waals surface area (Å²) in [6, 6.07) is 13.4. The zero-order valence-electron chi connectivity index (χ0n) is 18.2. The number of thioether (sulfide) groups is 1. The van der Waals surface area contributed by atoms with Gasteiger partial charge in [0.15, 0.2) is 0 Å². The van der Waals surface area contributed by atoms with E-state index in [9.17, 15) is 23.6 Å². The van der Waals surface area contributed by atoms with Gasteiger partial charge in [0.1, 0.15) is 11.9 Å². The van der Waals surface area contributed by atoms with Crippen molar-refractivity contribution in [2.75, 3.05) is 13.1 Å². The number of hydrogen-bond donors (Lipinski definition) is 2. The van der Waals surface area contributed by atoms with Gasteiger partial charge in [-0.25, -0.2) is 4.39 Å². The normalized spacial score (nSPS) is 15.8. The molecule has 0 unspecified atom stereocenters. The topological polar surface area (TPSA) is 95.6 Å². The van der Waals surface area contributed by atoms with Crippen LogP contribution in [0.5, 0.6) is 0 Å². The summed E-state index contributed by atoms with van der Waals surface area (Å²) >= 11 is 0.856. The third kappa shape index (κ3) is 6.29. The molecule has 172 valence electrons. The number of carbonyl (C=O) groups is 4. The highest BCUT2D eigenvalue weighted by Crippen LogP contribution is 2.31. The van der Waals surface area contributed by atoms with Crippen LogP contribution in [0.1, 0.15) is 29.8 Å². The number of nitrogens with zero attached hydrogens (tertiary/aromatic N) is 1. The van der Waals surface area contributed by atoms with E-state index in [1.54, 1.807) is 19.9 Å². The fourth-order valence-electron chi connectivity index (χ4n) is 3.16. The molecule has 1 saturated heterocycles. The number of amides is 4. The minimum Gasteiger partial charge on any atom is -0.353 e. The van der Waals surface area contributed by atoms with Crippen LogP contribution in [0, 0.1) is 11.7 Å². The van der Waals surface area contributed by atoms with Gasteiger partial charge in [0.2, 0.25) is 5.91 Å². The van der Waals surface area contributed by atoms with Crippen LogP contribution < -0.4 is 10.6 Å². The van der Waals surface area contributed by atoms with E-state index in [4.69, 9.17) is 0 Å². The molecule has 33 heavy (non-hydrogen) atoms. The molecule has 1 fully saturated rings. The van der Waals surface area contributed by atoms with Crippen LogP contribution in [0.4, 0.5) is 9.18 Å². The molecule has 4 amide bonds. The smallest absolute Gasteiger partial charge is 0.293 e. The molecule has 0 saturated carbocycles. The average Bonchev–Trinajstić information content (AvgIpc) is 3.05. The van der Waals surface area contributed by atoms with E-state index < -0.39 is 34.8 Å². The van der Waals surface area contributed by atoms with Crippen molar-refractivity contribution in [1.82, 2.24) is 15.5 Å². The molecular formula is C24H24FN3O4S. The molecule has 0 radical (unpaired) electrons. The third-order valence-corrected chi connectivity index (χ3v) is 5.86. The van der Waals surface area contributed by atoms with Crippen LogP contribution in [-0.2, 0) is 9.59 Å². The van der Waals surface area contributed by atoms with Gasteiger partial charge in [0.25, 0.3) is 17.1 Å². The van der Waals surface area contributed by atoms with Crippen molar-refractivity contribution in [3.8, 4) is 0 Å². The van der Waals surface area contributed by atoms with Gasteiger partial charge < -0.3 is 10.6 Å². The molecule has 0 bridgehead atoms. The molecule has 2 N–H and O–H groups in total. The first-order valence-corrected chi connectivity index (χ1v) is 11.2. The lowest BCUT2D eigenvalue weighted by atomic mass is 10.0. The van der Waals surface area contributed by atoms with Crippen molar-refractivity contribution >= 4 is 40.8 Å². The first-order chi connectivity index (χ1) is 15.8. The number of nitrogens with one attached hydrogen (secondary N) is 2. The Morgan fingerprint density at radius 3 is 2.36 bits per heavy atom. The minimum absolute atomic E-state index is 0.0132. The Labute approximate surface area is 195 Å². The van der Waals surface area contributed by atoms with Gasteiger partial charge in [-0.05, 0) is 53.6 Å². The van der Waals surface area contributed by atoms with Crippen molar-refractivity contribution in [2.45, 2.75) is 19.9 Å². The average molecular weight is 470 g/mol. The van der Waals surface area contributed by atoms with Crippen molar-refractivity contribution < 1.29 is 23.6 Å². The zero-order valence-corrected chi connectivity index (χ0v) is 19.0. The quantitative estimate of drug-likeness (QED) is 0.578. The molecule has 0 aliphatic carbocycles. The van der Waals surface area contributed by atoms with Crippen molar-refractivity contribution in [2.24, 2.45) is 5.92 Å². The van der Waals surface area contributed by atoms with E-state index in [0.717, 1.165) is 22.2 Å². The van der Waals surface area contributed by atoms with Crippen LogP contribution in [0.2, 0.25) is 0 Å². The molecule has 3 rings (SSSR count). The summed E-state index contributed by atoms with van der Waals surface area (Å²) in [6.07, 6.45) is 1.66. The molecule has 2 aromatic carbocycles. The van der Waals surface area contributed by atoms with Gasteiger partial charge in [0.05, 0.1) is 4.91 Å². The van der Waals surface area contributed by atoms with Crippen LogP contribution in [-0.4, -0.2) is 47.0 Å². The summed E-state index contributed by atoms with van der Waals surface area (Å²) < 4.78 is 13.1. The van der Waals surface area contributed by atoms with Crippen molar-refractivity contribution in [3.05, 3.63) is 76.4 Å². The standard InChI is InChI=1S/C24H24FN3O4S/c1-15(2)20(27-21(29)17-8-10-18(25)11-9-17)22(30)26-12-13-28-23(31)19(33-24(28)32)14-16-6-4-3-5-7-16/h3-11,14-15,20H,12-13H2,1-2H3,(H,26,30)(H,27,29)/b19-14-/t20-/m1/s1. The number of halogens is 1. The first kappa shape index (κ1) is 24.2. The Bertz CT molecular complexity index is 1070. The summed E-state index contributed by atoms with van der Waals surface area (Å²) in [5.41, 5.74) is 1.05. The number of rotatable bonds is 8. The highest BCUT2D eigenvalue weighted by atomic mass is 32.2. The lowest BCUT2D eigenvalue weighted by Gasteiger charge is -2.22. The second kappa shape index (κ2) is 10.9. The molecule has 2 aromatic rings. The Kier molecular flexibility index (Phi) is 8.00. The van der Waals surface area contributed by atoms with E-state index in [2.05, 4.69) is 10.6 Å². The van der Waals surface area contributed by atoms with E-state index in [1.807, 2.05) is 30.3 Å². The predicted octanol–water partition coefficient (Wildman–Crippen LogP) is 3.43. The maximum absolute atomic E-state index is 13.1. The van der Waals surface area contributed by atoms with Crippen molar-refractivity contribution in [1.29, 1.82) is 0 Å². The highest BCUT2D eigenvalue weighted by molar-refractivity contribution is 8.18. The molecule has 7 nitrogen and oxygen atoms in total. The lowest BCUT2D eigenvalue weighted by Crippen LogP contribution is -2.51. The fraction of sp³-hybridized carbons (Fsp3) is 0.250. The SMILES string of the molecule is CC(C)[C@@H](NC(=O)c1ccc(F)cc1)C(=O)NCCN1C(=O)S/C(=C\c2ccccc2)C1=O. The van der Waals surface area contributed by atoms with Gasteiger partial charge in [-0.3, -0.25) is 24.1 Å². The molecule has 9 heteroatoms. The second-order valence-corrected chi connectivity index (χ2v) is 8.73. The van der Waals surface area contributed by atoms with Crippen LogP contribution in [0.15, 0.2) is 59.5 Å². The molecular weight excluding hydrogens is 445 g/mol. The summed E-state index contributed by atoms with van der Waals surface area (Å²) in [5, 5.41) is 4.92. The molecule has 0 spiro atoms. The molecule has 1 aliphatic heterocycles. The largest absolute Gasteiger partial charge is 0.353 e. The highest BCUT2D eigenvalue weighted by Gasteiger charge is 2.35. The van der Waals surface area contributed by atoms with Crippen molar-refractivity contribution in [3.63, 3.8) is 0 Å². The van der Waals surface area contributed by atoms with Gasteiger partial charge in [-0.15, -0.1) is 0 Å². The Hall–Kier alpha value is -3.46. The summed E-state index contributed by atoms with van der Waals surface area (Å²) in [5.74, 6) is -2.03. The van der Waals surface area contributed by atoms with Gasteiger partial charge >= 0.3 is 0 Å². The van der Waals surface area contributed by atoms with Gasteiger partial charge in [0, 0.05) is 18.7 Å². The third-order valence-electron chi connectivity index (χ3n) is 4.95. The Morgan fingerprint density at radius 1 is 1.06 bits per heavy atom. The summed E-state index contributed by atoms with van der Waals surface area (Å²) in [6.45, 7) is 3.62. The summed E-state index contributed by atoms with van der Waals surface area (Å²) in [7, 11) is 0. The number of hydrogen-bond acceptors (Lipinski definition) is 5. The first-order valence-electron chi connectivity index (χ1n) is 10.4. The second-order valence-electron chi connectivity index (χ2n) is 7.74. The Balaban J connectivity index is 1.56. The van der Waals surface area contributed by atoms with E-state index >= 15 is 0 Å². The maximum Gasteiger partial charge on any atom is 0.293 e. The van der Waals surface area contributed by atoms with Crippen LogP contribution in [0.3, 0.4) is 0 Å². The van der Waals surface area contributed by atoms with Crippen LogP contribution >= 0.6 is 11.8 Å². The zero-order chi connectivity index (χ0) is 24.0. The van der Waals surface area contributed by atoms with E-state index in [-0.39, 0.29) is 24.6 Å². The molecule has 1 heterocycles. The number of carbonyl (C=O) groups excluding carboxylic acids is 4. The molecule has 1 atom stereocenters. The van der Waals surface area contributed by atoms with Gasteiger partial charge in [-0.2, -0.15) is 0 Å².